The smallest absolute Gasteiger partial charge is 0.132 e. The molecule has 0 fully saturated rings. The number of alkyl halides is 1. The van der Waals surface area contributed by atoms with E-state index in [1.807, 2.05) is 30.3 Å². The molecule has 34 heavy (non-hydrogen) atoms. The molecule has 0 unspecified atom stereocenters. The predicted octanol–water partition coefficient (Wildman–Crippen LogP) is 4.39. The zero-order chi connectivity index (χ0) is 24.7. The molecule has 3 aromatic rings. The van der Waals surface area contributed by atoms with Crippen LogP contribution in [-0.4, -0.2) is 50.4 Å². The molecule has 7 nitrogen and oxygen atoms in total. The van der Waals surface area contributed by atoms with Crippen LogP contribution in [0.25, 0.3) is 0 Å². The van der Waals surface area contributed by atoms with Crippen LogP contribution < -0.4 is 9.47 Å². The number of aliphatic hydroxyl groups excluding tert-OH is 2. The molecule has 0 spiro atoms. The summed E-state index contributed by atoms with van der Waals surface area (Å²) in [5, 5.41) is 27.1. The molecule has 9 heteroatoms. The number of aromatic nitrogens is 3. The van der Waals surface area contributed by atoms with Crippen LogP contribution in [0.4, 0.5) is 0 Å². The van der Waals surface area contributed by atoms with Crippen LogP contribution in [-0.2, 0) is 18.6 Å². The van der Waals surface area contributed by atoms with Crippen molar-refractivity contribution < 1.29 is 19.7 Å². The molecule has 3 rings (SSSR count). The highest BCUT2D eigenvalue weighted by molar-refractivity contribution is 14.1. The minimum atomic E-state index is -0.779. The van der Waals surface area contributed by atoms with Gasteiger partial charge in [-0.05, 0) is 58.0 Å². The monoisotopic (exact) mass is 595 g/mol. The number of nitrogens with zero attached hydrogens (tertiary/aromatic N) is 3. The largest absolute Gasteiger partial charge is 0.492 e. The Bertz CT molecular complexity index is 1060. The zero-order valence-electron chi connectivity index (χ0n) is 19.6. The highest BCUT2D eigenvalue weighted by Gasteiger charge is 2.24. The summed E-state index contributed by atoms with van der Waals surface area (Å²) < 4.78 is 14.2. The van der Waals surface area contributed by atoms with Crippen molar-refractivity contribution in [3.8, 4) is 11.5 Å². The van der Waals surface area contributed by atoms with Crippen LogP contribution in [0.1, 0.15) is 37.6 Å². The lowest BCUT2D eigenvalue weighted by atomic mass is 9.78. The van der Waals surface area contributed by atoms with Gasteiger partial charge in [0.05, 0.1) is 35.2 Å². The van der Waals surface area contributed by atoms with E-state index >= 15 is 0 Å². The van der Waals surface area contributed by atoms with E-state index in [-0.39, 0.29) is 25.2 Å². The number of halogens is 2. The fraction of sp³-hybridized carbons (Fsp3) is 0.440. The van der Waals surface area contributed by atoms with Crippen molar-refractivity contribution in [1.82, 2.24) is 15.0 Å². The van der Waals surface area contributed by atoms with Gasteiger partial charge in [-0.1, -0.05) is 44.2 Å². The third-order valence-electron chi connectivity index (χ3n) is 5.70. The zero-order valence-corrected chi connectivity index (χ0v) is 22.5. The predicted molar refractivity (Wildman–Crippen MR) is 141 cm³/mol. The van der Waals surface area contributed by atoms with E-state index in [1.54, 1.807) is 0 Å². The summed E-state index contributed by atoms with van der Waals surface area (Å²) in [4.78, 5) is 0. The Morgan fingerprint density at radius 3 is 2.44 bits per heavy atom. The van der Waals surface area contributed by atoms with Gasteiger partial charge in [0.1, 0.15) is 24.2 Å². The van der Waals surface area contributed by atoms with Crippen LogP contribution in [0.2, 0.25) is 0 Å². The maximum Gasteiger partial charge on any atom is 0.132 e. The average Bonchev–Trinajstić information content (AvgIpc) is 3.28. The van der Waals surface area contributed by atoms with E-state index < -0.39 is 6.10 Å². The second kappa shape index (κ2) is 12.2. The van der Waals surface area contributed by atoms with Gasteiger partial charge in [-0.25, -0.2) is 4.68 Å². The molecular weight excluding hydrogens is 565 g/mol. The van der Waals surface area contributed by atoms with Crippen molar-refractivity contribution in [1.29, 1.82) is 0 Å². The molecule has 2 atom stereocenters. The van der Waals surface area contributed by atoms with Gasteiger partial charge in [-0.2, -0.15) is 0 Å². The summed E-state index contributed by atoms with van der Waals surface area (Å²) in [6.45, 7) is 7.16. The number of hydrogen-bond acceptors (Lipinski definition) is 6. The van der Waals surface area contributed by atoms with Gasteiger partial charge >= 0.3 is 0 Å². The highest BCUT2D eigenvalue weighted by Crippen LogP contribution is 2.35. The molecule has 0 aliphatic rings. The number of rotatable bonds is 12. The third-order valence-corrected chi connectivity index (χ3v) is 7.07. The first-order chi connectivity index (χ1) is 16.2. The molecule has 0 amide bonds. The second-order valence-electron chi connectivity index (χ2n) is 8.90. The Balaban J connectivity index is 1.61. The van der Waals surface area contributed by atoms with E-state index in [1.165, 1.54) is 16.4 Å². The number of benzene rings is 2. The molecule has 0 saturated heterocycles. The van der Waals surface area contributed by atoms with Crippen LogP contribution in [0.15, 0.2) is 48.7 Å². The van der Waals surface area contributed by atoms with Crippen molar-refractivity contribution in [3.05, 3.63) is 69.1 Å². The topological polar surface area (TPSA) is 89.6 Å². The summed E-state index contributed by atoms with van der Waals surface area (Å²) in [6.07, 6.45) is 0.691. The molecule has 2 aromatic carbocycles. The molecule has 0 saturated carbocycles. The quantitative estimate of drug-likeness (QED) is 0.239. The molecule has 0 aliphatic heterocycles. The first kappa shape index (κ1) is 26.7. The van der Waals surface area contributed by atoms with Crippen molar-refractivity contribution in [3.63, 3.8) is 0 Å². The maximum absolute atomic E-state index is 10.3. The Hall–Kier alpha value is -1.88. The van der Waals surface area contributed by atoms with Gasteiger partial charge in [0.15, 0.2) is 0 Å². The lowest BCUT2D eigenvalue weighted by molar-refractivity contribution is 0.0866. The molecule has 184 valence electrons. The summed E-state index contributed by atoms with van der Waals surface area (Å²) in [7, 11) is 0. The van der Waals surface area contributed by atoms with Crippen LogP contribution in [0, 0.1) is 9.49 Å². The van der Waals surface area contributed by atoms with E-state index in [0.29, 0.717) is 29.8 Å². The molecule has 1 aromatic heterocycles. The third kappa shape index (κ3) is 6.84. The van der Waals surface area contributed by atoms with Crippen LogP contribution in [0.5, 0.6) is 11.5 Å². The van der Waals surface area contributed by atoms with E-state index in [2.05, 4.69) is 65.8 Å². The summed E-state index contributed by atoms with van der Waals surface area (Å²) in [5.74, 6) is 2.42. The maximum atomic E-state index is 10.3. The SMILES string of the molecule is C[C@H](CCl)COc1ccc(C(C)(C)c2ccc(OC[C@@H](O)Cn3nncc3CO)cc2)cc1[123I]. The minimum Gasteiger partial charge on any atom is -0.492 e. The summed E-state index contributed by atoms with van der Waals surface area (Å²) >= 11 is 8.19. The van der Waals surface area contributed by atoms with Crippen molar-refractivity contribution >= 4 is 34.2 Å². The molecule has 0 radical (unpaired) electrons. The second-order valence-corrected chi connectivity index (χ2v) is 10.4. The van der Waals surface area contributed by atoms with Gasteiger partial charge < -0.3 is 19.7 Å². The van der Waals surface area contributed by atoms with Crippen molar-refractivity contribution in [2.45, 2.75) is 45.4 Å². The van der Waals surface area contributed by atoms with Crippen LogP contribution in [0.3, 0.4) is 0 Å². The highest BCUT2D eigenvalue weighted by atomic mass is 123. The number of hydrogen-bond donors (Lipinski definition) is 2. The Kier molecular flexibility index (Phi) is 9.58. The average molecular weight is 596 g/mol. The minimum absolute atomic E-state index is 0.107. The Morgan fingerprint density at radius 1 is 1.09 bits per heavy atom. The number of aliphatic hydroxyl groups is 2. The first-order valence-electron chi connectivity index (χ1n) is 11.1. The number of ether oxygens (including phenoxy) is 2. The lowest BCUT2D eigenvalue weighted by Crippen LogP contribution is -2.25. The van der Waals surface area contributed by atoms with Gasteiger partial charge in [-0.15, -0.1) is 16.7 Å². The fourth-order valence-electron chi connectivity index (χ4n) is 3.42. The Morgan fingerprint density at radius 2 is 1.79 bits per heavy atom. The van der Waals surface area contributed by atoms with Gasteiger partial charge in [0.25, 0.3) is 0 Å². The van der Waals surface area contributed by atoms with Gasteiger partial charge in [-0.3, -0.25) is 0 Å². The Labute approximate surface area is 219 Å². The van der Waals surface area contributed by atoms with Crippen molar-refractivity contribution in [2.24, 2.45) is 5.92 Å². The molecule has 2 N–H and O–H groups in total. The standard InChI is InChI=1S/C25H31ClIN3O4/c1-17(11-26)15-34-24-9-6-19(10-23(24)27)25(2,3)18-4-7-22(8-5-18)33-16-21(32)13-30-20(14-31)12-28-29-30/h4-10,12,17,21,31-32H,11,13-16H2,1-3H3/t17-,21+/m1/s1/i27-4. The van der Waals surface area contributed by atoms with Crippen LogP contribution >= 0.6 is 34.2 Å². The molecule has 0 bridgehead atoms. The van der Waals surface area contributed by atoms with E-state index in [9.17, 15) is 10.2 Å². The molecule has 0 aliphatic carbocycles. The molecule has 1 heterocycles. The van der Waals surface area contributed by atoms with Crippen molar-refractivity contribution in [2.75, 3.05) is 19.1 Å². The summed E-state index contributed by atoms with van der Waals surface area (Å²) in [5.41, 5.74) is 2.67. The van der Waals surface area contributed by atoms with Gasteiger partial charge in [0.2, 0.25) is 0 Å². The normalized spacial score (nSPS) is 13.5. The van der Waals surface area contributed by atoms with Gasteiger partial charge in [0, 0.05) is 17.2 Å². The summed E-state index contributed by atoms with van der Waals surface area (Å²) in [6, 6.07) is 14.2. The lowest BCUT2D eigenvalue weighted by Gasteiger charge is -2.27. The first-order valence-corrected chi connectivity index (χ1v) is 12.7. The fourth-order valence-corrected chi connectivity index (χ4v) is 4.18. The van der Waals surface area contributed by atoms with E-state index in [0.717, 1.165) is 14.9 Å². The van der Waals surface area contributed by atoms with E-state index in [4.69, 9.17) is 21.1 Å². The molecular formula is C25H31ClIN3O4.